The number of carboxylic acids is 1. The summed E-state index contributed by atoms with van der Waals surface area (Å²) in [6.07, 6.45) is 2.28. The molecule has 0 spiro atoms. The molecule has 17 heavy (non-hydrogen) atoms. The van der Waals surface area contributed by atoms with Crippen molar-refractivity contribution in [2.75, 3.05) is 7.11 Å². The van der Waals surface area contributed by atoms with Crippen molar-refractivity contribution in [2.45, 2.75) is 71.1 Å². The minimum atomic E-state index is -0.948. The Balaban J connectivity index is 4.85. The van der Waals surface area contributed by atoms with Crippen molar-refractivity contribution in [3.05, 3.63) is 0 Å². The number of carbonyl (C=O) groups is 1. The molecule has 0 aliphatic heterocycles. The standard InChI is InChI=1S/C13H27NO3/c1-7-10(8-2)14-13(5,11(15)16)9-12(3,4)17-6/h10,14H,7-9H2,1-6H3,(H,15,16). The van der Waals surface area contributed by atoms with Gasteiger partial charge in [-0.1, -0.05) is 13.8 Å². The fraction of sp³-hybridized carbons (Fsp3) is 0.923. The number of hydrogen-bond acceptors (Lipinski definition) is 3. The Bertz CT molecular complexity index is 249. The Kier molecular flexibility index (Phi) is 6.13. The van der Waals surface area contributed by atoms with E-state index in [1.807, 2.05) is 13.8 Å². The maximum atomic E-state index is 11.5. The van der Waals surface area contributed by atoms with Gasteiger partial charge in [0.05, 0.1) is 5.60 Å². The van der Waals surface area contributed by atoms with E-state index in [1.54, 1.807) is 14.0 Å². The lowest BCUT2D eigenvalue weighted by molar-refractivity contribution is -0.148. The van der Waals surface area contributed by atoms with Gasteiger partial charge in [0.15, 0.2) is 0 Å². The van der Waals surface area contributed by atoms with Crippen molar-refractivity contribution >= 4 is 5.97 Å². The lowest BCUT2D eigenvalue weighted by atomic mass is 9.86. The molecular weight excluding hydrogens is 218 g/mol. The van der Waals surface area contributed by atoms with E-state index < -0.39 is 17.1 Å². The topological polar surface area (TPSA) is 58.6 Å². The Hall–Kier alpha value is -0.610. The third-order valence-electron chi connectivity index (χ3n) is 3.31. The fourth-order valence-electron chi connectivity index (χ4n) is 2.06. The quantitative estimate of drug-likeness (QED) is 0.689. The van der Waals surface area contributed by atoms with Gasteiger partial charge in [-0.05, 0) is 33.6 Å². The highest BCUT2D eigenvalue weighted by Crippen LogP contribution is 2.24. The van der Waals surface area contributed by atoms with Crippen molar-refractivity contribution in [2.24, 2.45) is 0 Å². The first-order valence-electron chi connectivity index (χ1n) is 6.27. The normalized spacial score (nSPS) is 15.9. The fourth-order valence-corrected chi connectivity index (χ4v) is 2.06. The van der Waals surface area contributed by atoms with E-state index in [9.17, 15) is 9.90 Å². The van der Waals surface area contributed by atoms with Crippen LogP contribution in [0, 0.1) is 0 Å². The van der Waals surface area contributed by atoms with Gasteiger partial charge in [0.2, 0.25) is 0 Å². The molecule has 1 unspecified atom stereocenters. The number of ether oxygens (including phenoxy) is 1. The molecule has 0 fully saturated rings. The first-order valence-corrected chi connectivity index (χ1v) is 6.27. The van der Waals surface area contributed by atoms with Gasteiger partial charge < -0.3 is 9.84 Å². The van der Waals surface area contributed by atoms with Gasteiger partial charge in [0, 0.05) is 19.6 Å². The van der Waals surface area contributed by atoms with Crippen LogP contribution in [0.4, 0.5) is 0 Å². The number of rotatable bonds is 8. The molecule has 2 N–H and O–H groups in total. The molecule has 0 rings (SSSR count). The molecule has 0 aromatic rings. The summed E-state index contributed by atoms with van der Waals surface area (Å²) in [6.45, 7) is 9.66. The maximum Gasteiger partial charge on any atom is 0.323 e. The van der Waals surface area contributed by atoms with Crippen LogP contribution < -0.4 is 5.32 Å². The van der Waals surface area contributed by atoms with Crippen LogP contribution in [-0.4, -0.2) is 35.4 Å². The zero-order valence-electron chi connectivity index (χ0n) is 12.0. The number of nitrogens with one attached hydrogen (secondary N) is 1. The molecule has 0 amide bonds. The smallest absolute Gasteiger partial charge is 0.323 e. The lowest BCUT2D eigenvalue weighted by Crippen LogP contribution is -2.56. The minimum Gasteiger partial charge on any atom is -0.480 e. The molecular formula is C13H27NO3. The van der Waals surface area contributed by atoms with Gasteiger partial charge >= 0.3 is 5.97 Å². The monoisotopic (exact) mass is 245 g/mol. The highest BCUT2D eigenvalue weighted by Gasteiger charge is 2.39. The van der Waals surface area contributed by atoms with Gasteiger partial charge in [-0.25, -0.2) is 0 Å². The average Bonchev–Trinajstić information content (AvgIpc) is 2.25. The van der Waals surface area contributed by atoms with Crippen molar-refractivity contribution in [1.82, 2.24) is 5.32 Å². The number of aliphatic carboxylic acids is 1. The summed E-state index contributed by atoms with van der Waals surface area (Å²) < 4.78 is 5.33. The molecule has 1 atom stereocenters. The summed E-state index contributed by atoms with van der Waals surface area (Å²) in [4.78, 5) is 11.5. The van der Waals surface area contributed by atoms with Crippen LogP contribution in [0.3, 0.4) is 0 Å². The third kappa shape index (κ3) is 5.04. The zero-order chi connectivity index (χ0) is 13.7. The van der Waals surface area contributed by atoms with E-state index in [-0.39, 0.29) is 6.04 Å². The first-order chi connectivity index (χ1) is 7.70. The highest BCUT2D eigenvalue weighted by atomic mass is 16.5. The lowest BCUT2D eigenvalue weighted by Gasteiger charge is -2.36. The third-order valence-corrected chi connectivity index (χ3v) is 3.31. The van der Waals surface area contributed by atoms with E-state index in [2.05, 4.69) is 19.2 Å². The Morgan fingerprint density at radius 1 is 1.29 bits per heavy atom. The number of carboxylic acid groups (broad SMARTS) is 1. The molecule has 102 valence electrons. The molecule has 0 saturated carbocycles. The molecule has 0 aliphatic rings. The Labute approximate surface area is 105 Å². The van der Waals surface area contributed by atoms with Gasteiger partial charge in [0.1, 0.15) is 5.54 Å². The Morgan fingerprint density at radius 3 is 2.06 bits per heavy atom. The van der Waals surface area contributed by atoms with Gasteiger partial charge in [0.25, 0.3) is 0 Å². The number of methoxy groups -OCH3 is 1. The van der Waals surface area contributed by atoms with Crippen molar-refractivity contribution in [3.8, 4) is 0 Å². The number of hydrogen-bond donors (Lipinski definition) is 2. The molecule has 0 saturated heterocycles. The van der Waals surface area contributed by atoms with Crippen LogP contribution in [0.25, 0.3) is 0 Å². The summed E-state index contributed by atoms with van der Waals surface area (Å²) in [5, 5.41) is 12.7. The van der Waals surface area contributed by atoms with Crippen LogP contribution in [0.2, 0.25) is 0 Å². The molecule has 0 aromatic carbocycles. The summed E-state index contributed by atoms with van der Waals surface area (Å²) in [5.41, 5.74) is -1.40. The first kappa shape index (κ1) is 16.4. The van der Waals surface area contributed by atoms with Crippen molar-refractivity contribution < 1.29 is 14.6 Å². The van der Waals surface area contributed by atoms with Crippen LogP contribution in [0.15, 0.2) is 0 Å². The zero-order valence-corrected chi connectivity index (χ0v) is 12.0. The molecule has 0 aromatic heterocycles. The maximum absolute atomic E-state index is 11.5. The molecule has 0 radical (unpaired) electrons. The van der Waals surface area contributed by atoms with E-state index in [0.29, 0.717) is 6.42 Å². The minimum absolute atomic E-state index is 0.226. The second-order valence-electron chi connectivity index (χ2n) is 5.44. The van der Waals surface area contributed by atoms with E-state index in [4.69, 9.17) is 4.74 Å². The van der Waals surface area contributed by atoms with Crippen molar-refractivity contribution in [1.29, 1.82) is 0 Å². The SMILES string of the molecule is CCC(CC)NC(C)(CC(C)(C)OC)C(=O)O. The molecule has 4 heteroatoms. The second-order valence-corrected chi connectivity index (χ2v) is 5.44. The van der Waals surface area contributed by atoms with Gasteiger partial charge in [-0.2, -0.15) is 0 Å². The van der Waals surface area contributed by atoms with Gasteiger partial charge in [-0.15, -0.1) is 0 Å². The summed E-state index contributed by atoms with van der Waals surface area (Å²) in [7, 11) is 1.61. The van der Waals surface area contributed by atoms with E-state index in [0.717, 1.165) is 12.8 Å². The summed E-state index contributed by atoms with van der Waals surface area (Å²) >= 11 is 0. The second kappa shape index (κ2) is 6.36. The van der Waals surface area contributed by atoms with Crippen molar-refractivity contribution in [3.63, 3.8) is 0 Å². The molecule has 0 aliphatic carbocycles. The summed E-state index contributed by atoms with van der Waals surface area (Å²) in [5.74, 6) is -0.825. The molecule has 0 heterocycles. The van der Waals surface area contributed by atoms with Crippen LogP contribution in [0.1, 0.15) is 53.9 Å². The largest absolute Gasteiger partial charge is 0.480 e. The van der Waals surface area contributed by atoms with Gasteiger partial charge in [-0.3, -0.25) is 10.1 Å². The molecule has 0 bridgehead atoms. The molecule has 4 nitrogen and oxygen atoms in total. The van der Waals surface area contributed by atoms with Crippen LogP contribution in [0.5, 0.6) is 0 Å². The summed E-state index contributed by atoms with van der Waals surface area (Å²) in [6, 6.07) is 0.226. The van der Waals surface area contributed by atoms with Crippen LogP contribution >= 0.6 is 0 Å². The van der Waals surface area contributed by atoms with E-state index in [1.165, 1.54) is 0 Å². The predicted octanol–water partition coefficient (Wildman–Crippen LogP) is 2.42. The van der Waals surface area contributed by atoms with E-state index >= 15 is 0 Å². The predicted molar refractivity (Wildman–Crippen MR) is 69.3 cm³/mol. The average molecular weight is 245 g/mol. The van der Waals surface area contributed by atoms with Crippen LogP contribution in [-0.2, 0) is 9.53 Å². The Morgan fingerprint density at radius 2 is 1.76 bits per heavy atom. The highest BCUT2D eigenvalue weighted by molar-refractivity contribution is 5.78.